The van der Waals surface area contributed by atoms with Gasteiger partial charge < -0.3 is 10.2 Å². The van der Waals surface area contributed by atoms with E-state index in [1.54, 1.807) is 0 Å². The van der Waals surface area contributed by atoms with Crippen LogP contribution >= 0.6 is 11.6 Å². The first-order valence-electron chi connectivity index (χ1n) is 2.13. The lowest BCUT2D eigenvalue weighted by atomic mass is 10.6. The normalized spacial score (nSPS) is 6.75. The highest BCUT2D eigenvalue weighted by Gasteiger charge is 1.70. The van der Waals surface area contributed by atoms with Crippen molar-refractivity contribution < 1.29 is 15.0 Å². The van der Waals surface area contributed by atoms with Gasteiger partial charge in [0.25, 0.3) is 0 Å². The van der Waals surface area contributed by atoms with Crippen molar-refractivity contribution in [2.45, 2.75) is 13.3 Å². The Balaban J connectivity index is 0. The Morgan fingerprint density at radius 1 is 1.62 bits per heavy atom. The number of hydrogen-bond acceptors (Lipinski definition) is 1. The number of halogens is 1. The van der Waals surface area contributed by atoms with E-state index in [1.165, 1.54) is 0 Å². The molecule has 0 heterocycles. The molecule has 0 aliphatic rings. The molecule has 4 heteroatoms. The van der Waals surface area contributed by atoms with Crippen molar-refractivity contribution in [1.82, 2.24) is 0 Å². The number of carbonyl (C=O) groups is 1. The summed E-state index contributed by atoms with van der Waals surface area (Å²) in [5, 5.41) is 13.9. The van der Waals surface area contributed by atoms with Gasteiger partial charge in [0.05, 0.1) is 0 Å². The fraction of sp³-hybridized carbons (Fsp3) is 0.750. The van der Waals surface area contributed by atoms with E-state index in [2.05, 4.69) is 0 Å². The topological polar surface area (TPSA) is 57.5 Å². The van der Waals surface area contributed by atoms with E-state index in [0.717, 1.165) is 12.3 Å². The van der Waals surface area contributed by atoms with Crippen LogP contribution in [-0.2, 0) is 0 Å². The van der Waals surface area contributed by atoms with Gasteiger partial charge in [-0.25, -0.2) is 4.79 Å². The quantitative estimate of drug-likeness (QED) is 0.547. The Kier molecular flexibility index (Phi) is 12.8. The highest BCUT2D eigenvalue weighted by molar-refractivity contribution is 6.17. The van der Waals surface area contributed by atoms with Crippen LogP contribution in [0.3, 0.4) is 0 Å². The largest absolute Gasteiger partial charge is 0.503 e. The molecule has 0 saturated carbocycles. The van der Waals surface area contributed by atoms with Crippen LogP contribution in [0, 0.1) is 0 Å². The fourth-order valence-electron chi connectivity index (χ4n) is 0. The minimum Gasteiger partial charge on any atom is -0.450 e. The van der Waals surface area contributed by atoms with Gasteiger partial charge in [-0.1, -0.05) is 6.92 Å². The second-order valence-corrected chi connectivity index (χ2v) is 1.35. The first-order valence-corrected chi connectivity index (χ1v) is 2.66. The molecule has 0 aromatic heterocycles. The summed E-state index contributed by atoms with van der Waals surface area (Å²) in [4.78, 5) is 8.56. The third kappa shape index (κ3) is 369. The molecular weight excluding hydrogens is 131 g/mol. The summed E-state index contributed by atoms with van der Waals surface area (Å²) in [7, 11) is 0. The molecule has 0 fully saturated rings. The van der Waals surface area contributed by atoms with Crippen molar-refractivity contribution in [3.63, 3.8) is 0 Å². The molecular formula is C4H9ClO3. The summed E-state index contributed by atoms with van der Waals surface area (Å²) in [5.74, 6) is 0.792. The highest BCUT2D eigenvalue weighted by atomic mass is 35.5. The predicted octanol–water partition coefficient (Wildman–Crippen LogP) is 1.86. The molecule has 0 saturated heterocycles. The van der Waals surface area contributed by atoms with Crippen LogP contribution in [0.15, 0.2) is 0 Å². The first-order chi connectivity index (χ1) is 3.65. The van der Waals surface area contributed by atoms with Crippen LogP contribution < -0.4 is 0 Å². The molecule has 0 aliphatic heterocycles. The van der Waals surface area contributed by atoms with Gasteiger partial charge in [-0.05, 0) is 6.42 Å². The Bertz CT molecular complexity index is 49.2. The third-order valence-corrected chi connectivity index (χ3v) is 0.567. The molecule has 0 amide bonds. The van der Waals surface area contributed by atoms with Crippen LogP contribution in [0.1, 0.15) is 13.3 Å². The van der Waals surface area contributed by atoms with Crippen LogP contribution in [0.25, 0.3) is 0 Å². The lowest BCUT2D eigenvalue weighted by Crippen LogP contribution is -1.81. The second-order valence-electron chi connectivity index (χ2n) is 0.972. The molecule has 0 unspecified atom stereocenters. The maximum absolute atomic E-state index is 8.56. The Morgan fingerprint density at radius 2 is 1.75 bits per heavy atom. The van der Waals surface area contributed by atoms with Crippen molar-refractivity contribution in [2.75, 3.05) is 5.88 Å². The Morgan fingerprint density at radius 3 is 1.75 bits per heavy atom. The molecule has 2 N–H and O–H groups in total. The molecule has 0 radical (unpaired) electrons. The summed E-state index contributed by atoms with van der Waals surface area (Å²) in [6.45, 7) is 2.05. The molecule has 0 spiro atoms. The van der Waals surface area contributed by atoms with Gasteiger partial charge in [0.2, 0.25) is 0 Å². The smallest absolute Gasteiger partial charge is 0.450 e. The number of carboxylic acid groups (broad SMARTS) is 2. The Hall–Kier alpha value is -0.440. The van der Waals surface area contributed by atoms with E-state index < -0.39 is 6.16 Å². The standard InChI is InChI=1S/C3H7Cl.CH2O3/c1-2-3-4;2-1(3)4/h2-3H2,1H3;(H2,2,3,4). The minimum atomic E-state index is -1.83. The van der Waals surface area contributed by atoms with Gasteiger partial charge in [0, 0.05) is 5.88 Å². The maximum Gasteiger partial charge on any atom is 0.503 e. The van der Waals surface area contributed by atoms with Crippen LogP contribution in [0.4, 0.5) is 4.79 Å². The van der Waals surface area contributed by atoms with Gasteiger partial charge in [-0.3, -0.25) is 0 Å². The van der Waals surface area contributed by atoms with Gasteiger partial charge in [0.1, 0.15) is 0 Å². The highest BCUT2D eigenvalue weighted by Crippen LogP contribution is 1.75. The van der Waals surface area contributed by atoms with Gasteiger partial charge in [0.15, 0.2) is 0 Å². The van der Waals surface area contributed by atoms with Crippen molar-refractivity contribution in [3.8, 4) is 0 Å². The molecule has 0 aliphatic carbocycles. The monoisotopic (exact) mass is 140 g/mol. The van der Waals surface area contributed by atoms with E-state index in [-0.39, 0.29) is 0 Å². The van der Waals surface area contributed by atoms with Crippen LogP contribution in [0.2, 0.25) is 0 Å². The molecule has 8 heavy (non-hydrogen) atoms. The Labute approximate surface area is 52.9 Å². The lowest BCUT2D eigenvalue weighted by molar-refractivity contribution is 0.137. The zero-order valence-electron chi connectivity index (χ0n) is 4.59. The first kappa shape index (κ1) is 10.5. The van der Waals surface area contributed by atoms with Crippen molar-refractivity contribution >= 4 is 17.8 Å². The van der Waals surface area contributed by atoms with Crippen molar-refractivity contribution in [2.24, 2.45) is 0 Å². The summed E-state index contributed by atoms with van der Waals surface area (Å²) in [5.41, 5.74) is 0. The predicted molar refractivity (Wildman–Crippen MR) is 31.7 cm³/mol. The van der Waals surface area contributed by atoms with E-state index in [1.807, 2.05) is 6.92 Å². The van der Waals surface area contributed by atoms with Crippen LogP contribution in [-0.4, -0.2) is 22.2 Å². The molecule has 0 rings (SSSR count). The minimum absolute atomic E-state index is 0.792. The summed E-state index contributed by atoms with van der Waals surface area (Å²) >= 11 is 5.19. The molecule has 50 valence electrons. The molecule has 0 aromatic rings. The summed E-state index contributed by atoms with van der Waals surface area (Å²) < 4.78 is 0. The maximum atomic E-state index is 8.56. The molecule has 3 nitrogen and oxygen atoms in total. The van der Waals surface area contributed by atoms with E-state index in [9.17, 15) is 0 Å². The second kappa shape index (κ2) is 9.75. The summed E-state index contributed by atoms with van der Waals surface area (Å²) in [6.07, 6.45) is -0.748. The van der Waals surface area contributed by atoms with Crippen molar-refractivity contribution in [1.29, 1.82) is 0 Å². The fourth-order valence-corrected chi connectivity index (χ4v) is 0. The number of alkyl halides is 1. The average Bonchev–Trinajstić information content (AvgIpc) is 1.65. The van der Waals surface area contributed by atoms with E-state index in [4.69, 9.17) is 26.6 Å². The summed E-state index contributed by atoms with van der Waals surface area (Å²) in [6, 6.07) is 0. The van der Waals surface area contributed by atoms with Crippen molar-refractivity contribution in [3.05, 3.63) is 0 Å². The number of hydrogen-bond donors (Lipinski definition) is 2. The zero-order valence-corrected chi connectivity index (χ0v) is 5.35. The molecule has 0 aromatic carbocycles. The number of rotatable bonds is 1. The van der Waals surface area contributed by atoms with E-state index >= 15 is 0 Å². The van der Waals surface area contributed by atoms with Gasteiger partial charge >= 0.3 is 6.16 Å². The molecule has 0 atom stereocenters. The molecule has 0 bridgehead atoms. The third-order valence-electron chi connectivity index (χ3n) is 0.189. The lowest BCUT2D eigenvalue weighted by Gasteiger charge is -1.65. The van der Waals surface area contributed by atoms with Gasteiger partial charge in [-0.15, -0.1) is 11.6 Å². The van der Waals surface area contributed by atoms with Crippen LogP contribution in [0.5, 0.6) is 0 Å². The van der Waals surface area contributed by atoms with E-state index in [0.29, 0.717) is 0 Å². The van der Waals surface area contributed by atoms with Gasteiger partial charge in [-0.2, -0.15) is 0 Å². The SMILES string of the molecule is CCCCl.O=C(O)O. The zero-order chi connectivity index (χ0) is 6.99. The average molecular weight is 141 g/mol.